The molecule has 4 rings (SSSR count). The monoisotopic (exact) mass is 401 g/mol. The Morgan fingerprint density at radius 3 is 2.47 bits per heavy atom. The van der Waals surface area contributed by atoms with E-state index in [4.69, 9.17) is 0 Å². The minimum absolute atomic E-state index is 0.119. The molecule has 0 bridgehead atoms. The summed E-state index contributed by atoms with van der Waals surface area (Å²) >= 11 is 0. The van der Waals surface area contributed by atoms with E-state index < -0.39 is 0 Å². The Kier molecular flexibility index (Phi) is 5.70. The summed E-state index contributed by atoms with van der Waals surface area (Å²) in [5.41, 5.74) is 3.03. The van der Waals surface area contributed by atoms with Gasteiger partial charge in [-0.05, 0) is 25.3 Å². The van der Waals surface area contributed by atoms with Gasteiger partial charge in [-0.1, -0.05) is 60.7 Å². The second-order valence-electron chi connectivity index (χ2n) is 7.13. The molecule has 0 aliphatic carbocycles. The summed E-state index contributed by atoms with van der Waals surface area (Å²) in [4.78, 5) is 29.5. The minimum atomic E-state index is -0.367. The fraction of sp³-hybridized carbons (Fsp3) is 0.217. The van der Waals surface area contributed by atoms with Crippen LogP contribution in [0.5, 0.6) is 0 Å². The van der Waals surface area contributed by atoms with Crippen molar-refractivity contribution in [2.24, 2.45) is 0 Å². The van der Waals surface area contributed by atoms with Gasteiger partial charge in [-0.2, -0.15) is 0 Å². The Hall–Kier alpha value is -3.74. The van der Waals surface area contributed by atoms with E-state index in [-0.39, 0.29) is 18.1 Å². The Labute approximate surface area is 174 Å². The first-order valence-electron chi connectivity index (χ1n) is 9.95. The zero-order valence-corrected chi connectivity index (χ0v) is 16.8. The minimum Gasteiger partial charge on any atom is -0.354 e. The molecule has 0 atom stereocenters. The highest BCUT2D eigenvalue weighted by molar-refractivity contribution is 5.75. The van der Waals surface area contributed by atoms with E-state index in [9.17, 15) is 9.59 Å². The topological polar surface area (TPSA) is 81.3 Å². The Morgan fingerprint density at radius 1 is 1.03 bits per heavy atom. The highest BCUT2D eigenvalue weighted by atomic mass is 16.2. The van der Waals surface area contributed by atoms with Gasteiger partial charge < -0.3 is 5.32 Å². The van der Waals surface area contributed by atoms with Crippen LogP contribution in [-0.4, -0.2) is 31.6 Å². The van der Waals surface area contributed by atoms with Crippen molar-refractivity contribution in [3.8, 4) is 11.3 Å². The standard InChI is InChI=1S/C23H23N5O2/c1-17-25-20(19-12-6-3-7-13-19)15-21-26-27(23(30)28(17)21)16-22(29)24-14-8-11-18-9-4-2-5-10-18/h2-7,9-10,12-13,15H,8,11,14,16H2,1H3,(H,24,29). The van der Waals surface area contributed by atoms with Gasteiger partial charge in [0.15, 0.2) is 5.65 Å². The third-order valence-electron chi connectivity index (χ3n) is 4.91. The van der Waals surface area contributed by atoms with Gasteiger partial charge in [0.25, 0.3) is 0 Å². The third kappa shape index (κ3) is 4.30. The summed E-state index contributed by atoms with van der Waals surface area (Å²) in [6.07, 6.45) is 1.72. The number of fused-ring (bicyclic) bond motifs is 1. The van der Waals surface area contributed by atoms with Crippen LogP contribution in [0.25, 0.3) is 16.9 Å². The number of aryl methyl sites for hydroxylation is 2. The number of nitrogens with one attached hydrogen (secondary N) is 1. The summed E-state index contributed by atoms with van der Waals surface area (Å²) in [6, 6.07) is 21.6. The number of hydrogen-bond acceptors (Lipinski definition) is 4. The van der Waals surface area contributed by atoms with E-state index in [1.54, 1.807) is 13.0 Å². The molecule has 0 aliphatic rings. The fourth-order valence-electron chi connectivity index (χ4n) is 3.42. The molecule has 0 unspecified atom stereocenters. The molecule has 7 nitrogen and oxygen atoms in total. The van der Waals surface area contributed by atoms with Crippen LogP contribution in [0, 0.1) is 6.92 Å². The predicted molar refractivity (Wildman–Crippen MR) is 115 cm³/mol. The number of rotatable bonds is 7. The number of carbonyl (C=O) groups is 1. The van der Waals surface area contributed by atoms with Gasteiger partial charge in [0.05, 0.1) is 5.69 Å². The highest BCUT2D eigenvalue weighted by Gasteiger charge is 2.14. The van der Waals surface area contributed by atoms with Crippen LogP contribution in [-0.2, 0) is 17.8 Å². The summed E-state index contributed by atoms with van der Waals surface area (Å²) < 4.78 is 2.61. The third-order valence-corrected chi connectivity index (χ3v) is 4.91. The number of nitrogens with zero attached hydrogens (tertiary/aromatic N) is 4. The quantitative estimate of drug-likeness (QED) is 0.483. The van der Waals surface area contributed by atoms with Crippen molar-refractivity contribution in [1.29, 1.82) is 0 Å². The fourth-order valence-corrected chi connectivity index (χ4v) is 3.42. The van der Waals surface area contributed by atoms with Crippen molar-refractivity contribution in [1.82, 2.24) is 24.5 Å². The molecular weight excluding hydrogens is 378 g/mol. The Balaban J connectivity index is 1.44. The maximum atomic E-state index is 12.7. The van der Waals surface area contributed by atoms with Gasteiger partial charge in [0.1, 0.15) is 12.4 Å². The lowest BCUT2D eigenvalue weighted by molar-refractivity contribution is -0.121. The number of aromatic nitrogens is 4. The number of benzene rings is 2. The predicted octanol–water partition coefficient (Wildman–Crippen LogP) is 2.62. The maximum absolute atomic E-state index is 12.7. The van der Waals surface area contributed by atoms with Crippen molar-refractivity contribution in [2.75, 3.05) is 6.54 Å². The van der Waals surface area contributed by atoms with Crippen molar-refractivity contribution in [3.05, 3.63) is 88.6 Å². The molecule has 1 amide bonds. The average Bonchev–Trinajstić information content (AvgIpc) is 3.08. The molecule has 0 saturated heterocycles. The first-order chi connectivity index (χ1) is 14.6. The van der Waals surface area contributed by atoms with E-state index in [1.807, 2.05) is 48.5 Å². The van der Waals surface area contributed by atoms with Crippen LogP contribution in [0.2, 0.25) is 0 Å². The lowest BCUT2D eigenvalue weighted by Gasteiger charge is -2.05. The molecule has 0 aliphatic heterocycles. The van der Waals surface area contributed by atoms with Crippen LogP contribution >= 0.6 is 0 Å². The second kappa shape index (κ2) is 8.73. The second-order valence-corrected chi connectivity index (χ2v) is 7.13. The van der Waals surface area contributed by atoms with Crippen LogP contribution in [0.15, 0.2) is 71.5 Å². The maximum Gasteiger partial charge on any atom is 0.352 e. The molecule has 7 heteroatoms. The molecule has 2 heterocycles. The zero-order chi connectivity index (χ0) is 20.9. The molecule has 0 spiro atoms. The lowest BCUT2D eigenvalue weighted by Crippen LogP contribution is -2.33. The van der Waals surface area contributed by atoms with Gasteiger partial charge in [0.2, 0.25) is 5.91 Å². The summed E-state index contributed by atoms with van der Waals surface area (Å²) in [5, 5.41) is 7.20. The summed E-state index contributed by atoms with van der Waals surface area (Å²) in [7, 11) is 0. The SMILES string of the molecule is Cc1nc(-c2ccccc2)cc2nn(CC(=O)NCCCc3ccccc3)c(=O)n12. The van der Waals surface area contributed by atoms with Gasteiger partial charge in [-0.25, -0.2) is 18.9 Å². The van der Waals surface area contributed by atoms with E-state index >= 15 is 0 Å². The van der Waals surface area contributed by atoms with Crippen LogP contribution in [0.1, 0.15) is 17.8 Å². The van der Waals surface area contributed by atoms with Crippen LogP contribution in [0.4, 0.5) is 0 Å². The normalized spacial score (nSPS) is 11.0. The summed E-state index contributed by atoms with van der Waals surface area (Å²) in [5.74, 6) is 0.299. The smallest absolute Gasteiger partial charge is 0.352 e. The van der Waals surface area contributed by atoms with E-state index in [1.165, 1.54) is 14.6 Å². The van der Waals surface area contributed by atoms with Crippen molar-refractivity contribution < 1.29 is 4.79 Å². The lowest BCUT2D eigenvalue weighted by atomic mass is 10.1. The van der Waals surface area contributed by atoms with Crippen LogP contribution < -0.4 is 11.0 Å². The van der Waals surface area contributed by atoms with E-state index in [0.717, 1.165) is 24.1 Å². The molecule has 2 aromatic carbocycles. The molecular formula is C23H23N5O2. The molecule has 0 radical (unpaired) electrons. The molecule has 0 fully saturated rings. The highest BCUT2D eigenvalue weighted by Crippen LogP contribution is 2.18. The van der Waals surface area contributed by atoms with Gasteiger partial charge in [-0.15, -0.1) is 5.10 Å². The zero-order valence-electron chi connectivity index (χ0n) is 16.8. The van der Waals surface area contributed by atoms with E-state index in [0.29, 0.717) is 18.0 Å². The van der Waals surface area contributed by atoms with Crippen molar-refractivity contribution in [3.63, 3.8) is 0 Å². The number of amides is 1. The van der Waals surface area contributed by atoms with Gasteiger partial charge >= 0.3 is 5.69 Å². The molecule has 1 N–H and O–H groups in total. The molecule has 2 aromatic heterocycles. The van der Waals surface area contributed by atoms with Crippen molar-refractivity contribution >= 4 is 11.6 Å². The largest absolute Gasteiger partial charge is 0.354 e. The van der Waals surface area contributed by atoms with Crippen molar-refractivity contribution in [2.45, 2.75) is 26.3 Å². The van der Waals surface area contributed by atoms with Gasteiger partial charge in [0, 0.05) is 18.2 Å². The molecule has 152 valence electrons. The van der Waals surface area contributed by atoms with E-state index in [2.05, 4.69) is 27.5 Å². The molecule has 30 heavy (non-hydrogen) atoms. The number of carbonyl (C=O) groups excluding carboxylic acids is 1. The van der Waals surface area contributed by atoms with Gasteiger partial charge in [-0.3, -0.25) is 4.79 Å². The Morgan fingerprint density at radius 2 is 1.73 bits per heavy atom. The number of hydrogen-bond donors (Lipinski definition) is 1. The molecule has 4 aromatic rings. The average molecular weight is 401 g/mol. The first-order valence-corrected chi connectivity index (χ1v) is 9.95. The first kappa shape index (κ1) is 19.6. The Bertz CT molecular complexity index is 1210. The van der Waals surface area contributed by atoms with Crippen LogP contribution in [0.3, 0.4) is 0 Å². The summed E-state index contributed by atoms with van der Waals surface area (Å²) in [6.45, 7) is 2.19. The molecule has 0 saturated carbocycles.